The molecule has 1 fully saturated rings. The van der Waals surface area contributed by atoms with Crippen LogP contribution in [0.4, 0.5) is 16.4 Å². The Labute approximate surface area is 180 Å². The van der Waals surface area contributed by atoms with Crippen LogP contribution >= 0.6 is 0 Å². The van der Waals surface area contributed by atoms with E-state index in [9.17, 15) is 13.2 Å². The molecule has 0 bridgehead atoms. The second kappa shape index (κ2) is 8.71. The molecule has 31 heavy (non-hydrogen) atoms. The van der Waals surface area contributed by atoms with E-state index >= 15 is 0 Å². The largest absolute Gasteiger partial charge is 0.487 e. The van der Waals surface area contributed by atoms with Crippen LogP contribution in [0, 0.1) is 0 Å². The molecule has 1 amide bonds. The number of anilines is 2. The van der Waals surface area contributed by atoms with Gasteiger partial charge in [-0.2, -0.15) is 5.10 Å². The van der Waals surface area contributed by atoms with E-state index in [0.717, 1.165) is 18.5 Å². The number of ether oxygens (including phenoxy) is 2. The van der Waals surface area contributed by atoms with E-state index in [4.69, 9.17) is 9.47 Å². The number of pyridine rings is 1. The number of alkyl carbamates (subject to hydrolysis) is 1. The summed E-state index contributed by atoms with van der Waals surface area (Å²) in [6.07, 6.45) is 3.23. The third kappa shape index (κ3) is 4.90. The number of hydrogen-bond donors (Lipinski definition) is 4. The molecule has 1 aliphatic heterocycles. The van der Waals surface area contributed by atoms with Gasteiger partial charge >= 0.3 is 6.09 Å². The first-order valence-electron chi connectivity index (χ1n) is 10.2. The fraction of sp³-hybridized carbons (Fsp3) is 0.526. The lowest BCUT2D eigenvalue weighted by molar-refractivity contribution is 0.0981. The number of aromatic amines is 1. The molecule has 12 heteroatoms. The number of fused-ring (bicyclic) bond motifs is 1. The van der Waals surface area contributed by atoms with Gasteiger partial charge in [0.15, 0.2) is 17.4 Å². The molecule has 0 saturated heterocycles. The highest BCUT2D eigenvalue weighted by atomic mass is 32.2. The van der Waals surface area contributed by atoms with Crippen LogP contribution in [0.5, 0.6) is 5.75 Å². The van der Waals surface area contributed by atoms with E-state index in [2.05, 4.69) is 30.5 Å². The van der Waals surface area contributed by atoms with E-state index in [1.807, 2.05) is 19.9 Å². The van der Waals surface area contributed by atoms with Crippen molar-refractivity contribution in [2.45, 2.75) is 56.1 Å². The zero-order valence-corrected chi connectivity index (χ0v) is 18.2. The highest BCUT2D eigenvalue weighted by molar-refractivity contribution is 7.89. The quantitative estimate of drug-likeness (QED) is 0.541. The van der Waals surface area contributed by atoms with Crippen LogP contribution in [0.1, 0.15) is 44.7 Å². The highest BCUT2D eigenvalue weighted by Crippen LogP contribution is 2.37. The van der Waals surface area contributed by atoms with Crippen LogP contribution in [0.3, 0.4) is 0 Å². The van der Waals surface area contributed by atoms with Crippen LogP contribution in [0.25, 0.3) is 0 Å². The first kappa shape index (κ1) is 21.4. The monoisotopic (exact) mass is 450 g/mol. The summed E-state index contributed by atoms with van der Waals surface area (Å²) in [5.74, 6) is 1.13. The Bertz CT molecular complexity index is 1050. The number of nitrogens with one attached hydrogen (secondary N) is 4. The maximum absolute atomic E-state index is 12.3. The second-order valence-electron chi connectivity index (χ2n) is 7.90. The number of sulfonamides is 1. The zero-order chi connectivity index (χ0) is 22.0. The molecule has 4 N–H and O–H groups in total. The summed E-state index contributed by atoms with van der Waals surface area (Å²) in [5, 5.41) is 13.1. The van der Waals surface area contributed by atoms with Crippen molar-refractivity contribution in [1.82, 2.24) is 25.2 Å². The molecule has 3 heterocycles. The molecule has 0 spiro atoms. The lowest BCUT2D eigenvalue weighted by Gasteiger charge is -2.14. The van der Waals surface area contributed by atoms with Gasteiger partial charge < -0.3 is 20.1 Å². The minimum absolute atomic E-state index is 0.0299. The number of carbonyl (C=O) groups is 1. The van der Waals surface area contributed by atoms with E-state index in [1.54, 1.807) is 0 Å². The normalized spacial score (nSPS) is 22.3. The standard InChI is InChI=1S/C19H26N6O5S/c1-11(2)22-19(26)30-13-4-3-12(9-13)14-10-16(25-24-14)23-18-17-15(5-6-20-18)31(27,28)21-7-8-29-17/h5-6,10-13,21H,3-4,7-9H2,1-2H3,(H,22,26)(H2,20,23,24,25)/t12-,13+/m0/s1. The number of aromatic nitrogens is 3. The van der Waals surface area contributed by atoms with Crippen molar-refractivity contribution in [1.29, 1.82) is 0 Å². The summed E-state index contributed by atoms with van der Waals surface area (Å²) in [5.41, 5.74) is 0.912. The molecule has 168 valence electrons. The lowest BCUT2D eigenvalue weighted by Crippen LogP contribution is -2.33. The molecular formula is C19H26N6O5S. The van der Waals surface area contributed by atoms with Crippen molar-refractivity contribution >= 4 is 27.8 Å². The minimum Gasteiger partial charge on any atom is -0.487 e. The number of rotatable bonds is 5. The van der Waals surface area contributed by atoms with Gasteiger partial charge in [-0.25, -0.2) is 22.9 Å². The third-order valence-electron chi connectivity index (χ3n) is 5.15. The molecule has 2 atom stereocenters. The summed E-state index contributed by atoms with van der Waals surface area (Å²) in [4.78, 5) is 16.1. The summed E-state index contributed by atoms with van der Waals surface area (Å²) in [6.45, 7) is 4.15. The summed E-state index contributed by atoms with van der Waals surface area (Å²) in [7, 11) is -3.65. The lowest BCUT2D eigenvalue weighted by atomic mass is 10.0. The molecule has 11 nitrogen and oxygen atoms in total. The van der Waals surface area contributed by atoms with Crippen molar-refractivity contribution in [2.24, 2.45) is 0 Å². The van der Waals surface area contributed by atoms with Gasteiger partial charge in [0.2, 0.25) is 10.0 Å². The number of nitrogens with zero attached hydrogens (tertiary/aromatic N) is 2. The second-order valence-corrected chi connectivity index (χ2v) is 9.64. The topological polar surface area (TPSA) is 147 Å². The number of hydrogen-bond acceptors (Lipinski definition) is 8. The van der Waals surface area contributed by atoms with Crippen LogP contribution in [0.2, 0.25) is 0 Å². The zero-order valence-electron chi connectivity index (χ0n) is 17.3. The van der Waals surface area contributed by atoms with E-state index in [0.29, 0.717) is 12.2 Å². The molecule has 4 rings (SSSR count). The fourth-order valence-electron chi connectivity index (χ4n) is 3.76. The van der Waals surface area contributed by atoms with Gasteiger partial charge in [-0.3, -0.25) is 5.10 Å². The van der Waals surface area contributed by atoms with Crippen molar-refractivity contribution in [2.75, 3.05) is 18.5 Å². The molecule has 2 aromatic heterocycles. The molecule has 0 unspecified atom stereocenters. The SMILES string of the molecule is CC(C)NC(=O)O[C@@H]1CC[C@H](c2cc(Nc3nccc4c3OCCNS4(=O)=O)n[nH]2)C1. The number of carbonyl (C=O) groups excluding carboxylic acids is 1. The first-order valence-corrected chi connectivity index (χ1v) is 11.7. The average molecular weight is 451 g/mol. The Morgan fingerprint density at radius 2 is 2.19 bits per heavy atom. The minimum atomic E-state index is -3.65. The third-order valence-corrected chi connectivity index (χ3v) is 6.63. The van der Waals surface area contributed by atoms with Gasteiger partial charge in [0.05, 0.1) is 0 Å². The molecule has 2 aliphatic rings. The van der Waals surface area contributed by atoms with Gasteiger partial charge in [0.25, 0.3) is 0 Å². The Morgan fingerprint density at radius 3 is 3.00 bits per heavy atom. The van der Waals surface area contributed by atoms with Crippen LogP contribution < -0.4 is 20.1 Å². The molecule has 1 aliphatic carbocycles. The summed E-state index contributed by atoms with van der Waals surface area (Å²) < 4.78 is 38.2. The van der Waals surface area contributed by atoms with E-state index in [-0.39, 0.29) is 47.7 Å². The van der Waals surface area contributed by atoms with Gasteiger partial charge in [-0.15, -0.1) is 0 Å². The van der Waals surface area contributed by atoms with Crippen LogP contribution in [-0.4, -0.2) is 55.0 Å². The summed E-state index contributed by atoms with van der Waals surface area (Å²) >= 11 is 0. The Kier molecular flexibility index (Phi) is 6.01. The maximum Gasteiger partial charge on any atom is 0.407 e. The first-order chi connectivity index (χ1) is 14.8. The average Bonchev–Trinajstić information content (AvgIpc) is 3.31. The highest BCUT2D eigenvalue weighted by Gasteiger charge is 2.30. The molecule has 0 aromatic carbocycles. The number of amides is 1. The van der Waals surface area contributed by atoms with Crippen molar-refractivity contribution < 1.29 is 22.7 Å². The maximum atomic E-state index is 12.3. The molecule has 1 saturated carbocycles. The predicted octanol–water partition coefficient (Wildman–Crippen LogP) is 1.99. The van der Waals surface area contributed by atoms with Crippen LogP contribution in [0.15, 0.2) is 23.2 Å². The Hall–Kier alpha value is -2.86. The molecule has 2 aromatic rings. The summed E-state index contributed by atoms with van der Waals surface area (Å²) in [6, 6.07) is 3.28. The smallest absolute Gasteiger partial charge is 0.407 e. The Balaban J connectivity index is 1.43. The van der Waals surface area contributed by atoms with E-state index in [1.165, 1.54) is 12.3 Å². The number of H-pyrrole nitrogens is 1. The van der Waals surface area contributed by atoms with Crippen molar-refractivity contribution in [3.8, 4) is 5.75 Å². The fourth-order valence-corrected chi connectivity index (χ4v) is 4.91. The van der Waals surface area contributed by atoms with Gasteiger partial charge in [-0.1, -0.05) is 0 Å². The van der Waals surface area contributed by atoms with Crippen molar-refractivity contribution in [3.63, 3.8) is 0 Å². The molecule has 0 radical (unpaired) electrons. The van der Waals surface area contributed by atoms with Gasteiger partial charge in [0.1, 0.15) is 17.6 Å². The van der Waals surface area contributed by atoms with Gasteiger partial charge in [-0.05, 0) is 39.2 Å². The molecular weight excluding hydrogens is 424 g/mol. The van der Waals surface area contributed by atoms with Gasteiger partial charge in [0, 0.05) is 36.5 Å². The Morgan fingerprint density at radius 1 is 1.35 bits per heavy atom. The van der Waals surface area contributed by atoms with Crippen molar-refractivity contribution in [3.05, 3.63) is 24.0 Å². The predicted molar refractivity (Wildman–Crippen MR) is 112 cm³/mol. The van der Waals surface area contributed by atoms with Crippen LogP contribution in [-0.2, 0) is 14.8 Å². The van der Waals surface area contributed by atoms with E-state index < -0.39 is 16.1 Å².